The van der Waals surface area contributed by atoms with Crippen molar-refractivity contribution >= 4 is 11.7 Å². The first-order valence-electron chi connectivity index (χ1n) is 10.4. The fraction of sp³-hybridized carbons (Fsp3) is 0.292. The summed E-state index contributed by atoms with van der Waals surface area (Å²) in [6, 6.07) is 11.2. The molecule has 0 fully saturated rings. The normalized spacial score (nSPS) is 10.6. The molecule has 0 atom stereocenters. The molecular weight excluding hydrogens is 406 g/mol. The van der Waals surface area contributed by atoms with Crippen LogP contribution in [0.15, 0.2) is 47.4 Å². The van der Waals surface area contributed by atoms with Crippen molar-refractivity contribution in [2.45, 2.75) is 40.3 Å². The third kappa shape index (κ3) is 5.46. The molecule has 8 nitrogen and oxygen atoms in total. The molecule has 0 aliphatic heterocycles. The van der Waals surface area contributed by atoms with Crippen LogP contribution in [0.5, 0.6) is 5.75 Å². The van der Waals surface area contributed by atoms with Gasteiger partial charge in [0.2, 0.25) is 5.91 Å². The van der Waals surface area contributed by atoms with Gasteiger partial charge in [0.05, 0.1) is 20.1 Å². The van der Waals surface area contributed by atoms with Crippen molar-refractivity contribution in [1.82, 2.24) is 15.0 Å². The monoisotopic (exact) mass is 435 g/mol. The summed E-state index contributed by atoms with van der Waals surface area (Å²) in [6.45, 7) is 6.39. The minimum absolute atomic E-state index is 0.00710. The Labute approximate surface area is 187 Å². The number of hydrogen-bond acceptors (Lipinski definition) is 6. The highest BCUT2D eigenvalue weighted by Gasteiger charge is 2.13. The molecule has 3 aromatic rings. The van der Waals surface area contributed by atoms with E-state index in [1.165, 1.54) is 4.68 Å². The Balaban J connectivity index is 1.68. The third-order valence-electron chi connectivity index (χ3n) is 5.39. The Kier molecular flexibility index (Phi) is 7.14. The average Bonchev–Trinajstić information content (AvgIpc) is 2.75. The summed E-state index contributed by atoms with van der Waals surface area (Å²) in [5.74, 6) is 0.975. The molecule has 0 aliphatic rings. The summed E-state index contributed by atoms with van der Waals surface area (Å²) in [5, 5.41) is 2.89. The zero-order valence-corrected chi connectivity index (χ0v) is 18.9. The topological polar surface area (TPSA) is 111 Å². The van der Waals surface area contributed by atoms with Gasteiger partial charge in [-0.25, -0.2) is 9.66 Å². The number of pyridine rings is 2. The van der Waals surface area contributed by atoms with Gasteiger partial charge in [0.1, 0.15) is 11.6 Å². The van der Waals surface area contributed by atoms with Crippen molar-refractivity contribution in [1.29, 1.82) is 0 Å². The Bertz CT molecular complexity index is 1160. The fourth-order valence-corrected chi connectivity index (χ4v) is 3.53. The van der Waals surface area contributed by atoms with Gasteiger partial charge in [-0.1, -0.05) is 12.1 Å². The molecule has 0 radical (unpaired) electrons. The standard InChI is InChI=1S/C24H29N5O3/c1-15-8-9-29(27-13-18-6-5-7-19(11-18)32-4)24(31)20(15)12-23(30)26-14-21-16(2)10-22(25)28-17(21)3/h5-11,27H,12-14H2,1-4H3,(H2,25,28)(H,26,30). The molecule has 4 N–H and O–H groups in total. The molecule has 168 valence electrons. The van der Waals surface area contributed by atoms with Crippen molar-refractivity contribution in [3.05, 3.63) is 86.5 Å². The van der Waals surface area contributed by atoms with Gasteiger partial charge >= 0.3 is 0 Å². The van der Waals surface area contributed by atoms with E-state index in [1.807, 2.05) is 51.1 Å². The molecule has 8 heteroatoms. The summed E-state index contributed by atoms with van der Waals surface area (Å²) in [5.41, 5.74) is 13.5. The van der Waals surface area contributed by atoms with Gasteiger partial charge in [0, 0.05) is 24.0 Å². The van der Waals surface area contributed by atoms with Gasteiger partial charge < -0.3 is 21.2 Å². The molecule has 0 bridgehead atoms. The first kappa shape index (κ1) is 22.9. The number of aryl methyl sites for hydroxylation is 3. The van der Waals surface area contributed by atoms with E-state index in [0.717, 1.165) is 33.7 Å². The summed E-state index contributed by atoms with van der Waals surface area (Å²) < 4.78 is 6.64. The number of methoxy groups -OCH3 is 1. The van der Waals surface area contributed by atoms with Crippen LogP contribution in [0.3, 0.4) is 0 Å². The van der Waals surface area contributed by atoms with Gasteiger partial charge in [-0.05, 0) is 67.3 Å². The predicted molar refractivity (Wildman–Crippen MR) is 125 cm³/mol. The number of nitrogens with zero attached hydrogens (tertiary/aromatic N) is 2. The van der Waals surface area contributed by atoms with Crippen molar-refractivity contribution in [3.8, 4) is 5.75 Å². The first-order valence-corrected chi connectivity index (χ1v) is 10.4. The Morgan fingerprint density at radius 3 is 2.59 bits per heavy atom. The first-order chi connectivity index (χ1) is 15.3. The van der Waals surface area contributed by atoms with Crippen LogP contribution in [0.4, 0.5) is 5.82 Å². The number of ether oxygens (including phenoxy) is 1. The number of benzene rings is 1. The lowest BCUT2D eigenvalue weighted by Gasteiger charge is -2.14. The highest BCUT2D eigenvalue weighted by Crippen LogP contribution is 2.15. The molecule has 1 aromatic carbocycles. The largest absolute Gasteiger partial charge is 0.497 e. The van der Waals surface area contributed by atoms with E-state index >= 15 is 0 Å². The quantitative estimate of drug-likeness (QED) is 0.501. The summed E-state index contributed by atoms with van der Waals surface area (Å²) in [7, 11) is 1.61. The van der Waals surface area contributed by atoms with E-state index in [9.17, 15) is 9.59 Å². The summed E-state index contributed by atoms with van der Waals surface area (Å²) in [4.78, 5) is 29.8. The second-order valence-corrected chi connectivity index (χ2v) is 7.72. The number of rotatable bonds is 8. The number of anilines is 1. The summed E-state index contributed by atoms with van der Waals surface area (Å²) in [6.07, 6.45) is 1.67. The van der Waals surface area contributed by atoms with Gasteiger partial charge in [-0.2, -0.15) is 0 Å². The zero-order chi connectivity index (χ0) is 23.3. The fourth-order valence-electron chi connectivity index (χ4n) is 3.53. The van der Waals surface area contributed by atoms with Gasteiger partial charge in [-0.15, -0.1) is 0 Å². The number of hydrogen-bond donors (Lipinski definition) is 3. The van der Waals surface area contributed by atoms with Crippen molar-refractivity contribution in [2.75, 3.05) is 18.3 Å². The number of nitrogen functional groups attached to an aromatic ring is 1. The smallest absolute Gasteiger partial charge is 0.272 e. The Morgan fingerprint density at radius 2 is 1.88 bits per heavy atom. The predicted octanol–water partition coefficient (Wildman–Crippen LogP) is 2.36. The zero-order valence-electron chi connectivity index (χ0n) is 18.9. The number of carbonyl (C=O) groups is 1. The molecule has 1 amide bonds. The molecule has 0 saturated carbocycles. The van der Waals surface area contributed by atoms with Crippen LogP contribution < -0.4 is 26.8 Å². The van der Waals surface area contributed by atoms with Gasteiger partial charge in [0.15, 0.2) is 0 Å². The van der Waals surface area contributed by atoms with Gasteiger partial charge in [0.25, 0.3) is 5.56 Å². The number of nitrogens with two attached hydrogens (primary N) is 1. The van der Waals surface area contributed by atoms with Crippen LogP contribution in [0, 0.1) is 20.8 Å². The maximum absolute atomic E-state index is 13.0. The number of nitrogens with one attached hydrogen (secondary N) is 2. The van der Waals surface area contributed by atoms with Crippen LogP contribution in [-0.4, -0.2) is 22.7 Å². The lowest BCUT2D eigenvalue weighted by molar-refractivity contribution is -0.120. The minimum Gasteiger partial charge on any atom is -0.497 e. The lowest BCUT2D eigenvalue weighted by Crippen LogP contribution is -2.34. The lowest BCUT2D eigenvalue weighted by atomic mass is 10.1. The number of carbonyl (C=O) groups excluding carboxylic acids is 1. The Hall–Kier alpha value is -3.81. The Morgan fingerprint density at radius 1 is 1.09 bits per heavy atom. The second kappa shape index (κ2) is 10.00. The van der Waals surface area contributed by atoms with E-state index in [-0.39, 0.29) is 17.9 Å². The SMILES string of the molecule is COc1cccc(CNn2ccc(C)c(CC(=O)NCc3c(C)cc(N)nc3C)c2=O)c1. The van der Waals surface area contributed by atoms with E-state index in [4.69, 9.17) is 10.5 Å². The number of aromatic nitrogens is 2. The second-order valence-electron chi connectivity index (χ2n) is 7.72. The minimum atomic E-state index is -0.246. The van der Waals surface area contributed by atoms with E-state index in [2.05, 4.69) is 15.7 Å². The highest BCUT2D eigenvalue weighted by atomic mass is 16.5. The maximum Gasteiger partial charge on any atom is 0.272 e. The molecule has 2 heterocycles. The molecule has 3 rings (SSSR count). The number of amides is 1. The highest BCUT2D eigenvalue weighted by molar-refractivity contribution is 5.78. The maximum atomic E-state index is 13.0. The average molecular weight is 436 g/mol. The molecule has 0 aliphatic carbocycles. The summed E-state index contributed by atoms with van der Waals surface area (Å²) >= 11 is 0. The molecule has 0 saturated heterocycles. The van der Waals surface area contributed by atoms with Crippen LogP contribution in [0.2, 0.25) is 0 Å². The van der Waals surface area contributed by atoms with E-state index < -0.39 is 0 Å². The molecule has 2 aromatic heterocycles. The van der Waals surface area contributed by atoms with Crippen LogP contribution in [-0.2, 0) is 24.3 Å². The molecule has 0 spiro atoms. The van der Waals surface area contributed by atoms with Crippen LogP contribution in [0.25, 0.3) is 0 Å². The third-order valence-corrected chi connectivity index (χ3v) is 5.39. The van der Waals surface area contributed by atoms with E-state index in [1.54, 1.807) is 19.4 Å². The van der Waals surface area contributed by atoms with E-state index in [0.29, 0.717) is 24.5 Å². The molecular formula is C24H29N5O3. The van der Waals surface area contributed by atoms with Crippen LogP contribution >= 0.6 is 0 Å². The van der Waals surface area contributed by atoms with Crippen LogP contribution in [0.1, 0.15) is 33.5 Å². The van der Waals surface area contributed by atoms with Crippen molar-refractivity contribution in [2.24, 2.45) is 0 Å². The van der Waals surface area contributed by atoms with Gasteiger partial charge in [-0.3, -0.25) is 9.59 Å². The molecule has 32 heavy (non-hydrogen) atoms. The molecule has 0 unspecified atom stereocenters. The van der Waals surface area contributed by atoms with Crippen molar-refractivity contribution in [3.63, 3.8) is 0 Å². The van der Waals surface area contributed by atoms with Crippen molar-refractivity contribution < 1.29 is 9.53 Å².